The van der Waals surface area contributed by atoms with E-state index in [1.54, 1.807) is 30.3 Å². The van der Waals surface area contributed by atoms with E-state index in [1.165, 1.54) is 4.90 Å². The van der Waals surface area contributed by atoms with Crippen molar-refractivity contribution in [1.82, 2.24) is 9.47 Å². The van der Waals surface area contributed by atoms with E-state index in [9.17, 15) is 9.59 Å². The molecule has 34 heavy (non-hydrogen) atoms. The minimum atomic E-state index is -0.297. The van der Waals surface area contributed by atoms with E-state index in [-0.39, 0.29) is 17.7 Å². The van der Waals surface area contributed by atoms with Crippen molar-refractivity contribution in [3.8, 4) is 6.07 Å². The van der Waals surface area contributed by atoms with Crippen LogP contribution in [-0.4, -0.2) is 20.6 Å². The first kappa shape index (κ1) is 22.0. The number of carbonyl (C=O) groups is 2. The molecule has 1 aromatic heterocycles. The van der Waals surface area contributed by atoms with Crippen LogP contribution in [0.5, 0.6) is 0 Å². The fraction of sp³-hybridized carbons (Fsp3) is 0.0741. The fourth-order valence-electron chi connectivity index (χ4n) is 3.95. The second kappa shape index (κ2) is 9.22. The normalized spacial score (nSPS) is 14.8. The van der Waals surface area contributed by atoms with E-state index >= 15 is 0 Å². The van der Waals surface area contributed by atoms with Crippen molar-refractivity contribution in [1.29, 1.82) is 5.26 Å². The second-order valence-corrected chi connectivity index (χ2v) is 9.36. The molecule has 0 atom stereocenters. The summed E-state index contributed by atoms with van der Waals surface area (Å²) in [6.07, 6.45) is 3.79. The summed E-state index contributed by atoms with van der Waals surface area (Å²) in [5.41, 5.74) is 4.43. The third kappa shape index (κ3) is 4.36. The van der Waals surface area contributed by atoms with Gasteiger partial charge in [-0.2, -0.15) is 5.26 Å². The number of imide groups is 1. The minimum absolute atomic E-state index is 0.208. The minimum Gasteiger partial charge on any atom is -0.342 e. The van der Waals surface area contributed by atoms with Crippen molar-refractivity contribution in [3.05, 3.63) is 111 Å². The van der Waals surface area contributed by atoms with Gasteiger partial charge in [0.25, 0.3) is 11.1 Å². The number of para-hydroxylation sites is 1. The summed E-state index contributed by atoms with van der Waals surface area (Å²) in [6.45, 7) is 0.831. The molecule has 0 aliphatic carbocycles. The number of thioether (sulfide) groups is 1. The first-order valence-electron chi connectivity index (χ1n) is 10.6. The molecule has 0 radical (unpaired) electrons. The van der Waals surface area contributed by atoms with Crippen LogP contribution < -0.4 is 0 Å². The Morgan fingerprint density at radius 2 is 1.59 bits per heavy atom. The molecule has 2 amide bonds. The number of aromatic nitrogens is 1. The van der Waals surface area contributed by atoms with Crippen LogP contribution in [0.4, 0.5) is 4.79 Å². The summed E-state index contributed by atoms with van der Waals surface area (Å²) < 4.78 is 2.11. The number of fused-ring (bicyclic) bond motifs is 1. The molecule has 0 spiro atoms. The van der Waals surface area contributed by atoms with Crippen LogP contribution >= 0.6 is 23.4 Å². The third-order valence-corrected chi connectivity index (χ3v) is 6.83. The van der Waals surface area contributed by atoms with E-state index < -0.39 is 0 Å². The van der Waals surface area contributed by atoms with Gasteiger partial charge in [-0.3, -0.25) is 14.5 Å². The second-order valence-electron chi connectivity index (χ2n) is 7.93. The van der Waals surface area contributed by atoms with Crippen molar-refractivity contribution in [2.75, 3.05) is 0 Å². The van der Waals surface area contributed by atoms with E-state index in [2.05, 4.69) is 10.6 Å². The number of nitriles is 1. The van der Waals surface area contributed by atoms with Crippen molar-refractivity contribution < 1.29 is 9.59 Å². The molecule has 0 saturated carbocycles. The Bertz CT molecular complexity index is 1480. The zero-order valence-electron chi connectivity index (χ0n) is 17.9. The van der Waals surface area contributed by atoms with Gasteiger partial charge in [-0.05, 0) is 59.3 Å². The van der Waals surface area contributed by atoms with Crippen LogP contribution in [0.25, 0.3) is 17.0 Å². The maximum Gasteiger partial charge on any atom is 0.293 e. The van der Waals surface area contributed by atoms with E-state index in [1.807, 2.05) is 54.7 Å². The molecule has 5 rings (SSSR count). The van der Waals surface area contributed by atoms with Crippen molar-refractivity contribution in [3.63, 3.8) is 0 Å². The molecule has 4 aromatic rings. The van der Waals surface area contributed by atoms with Crippen molar-refractivity contribution in [2.45, 2.75) is 13.1 Å². The van der Waals surface area contributed by atoms with E-state index in [0.29, 0.717) is 22.0 Å². The van der Waals surface area contributed by atoms with E-state index in [0.717, 1.165) is 39.4 Å². The monoisotopic (exact) mass is 483 g/mol. The van der Waals surface area contributed by atoms with Crippen LogP contribution in [0.1, 0.15) is 22.3 Å². The highest BCUT2D eigenvalue weighted by molar-refractivity contribution is 8.18. The van der Waals surface area contributed by atoms with Crippen molar-refractivity contribution >= 4 is 51.5 Å². The molecule has 5 nitrogen and oxygen atoms in total. The van der Waals surface area contributed by atoms with Gasteiger partial charge < -0.3 is 4.57 Å². The number of nitrogens with zero attached hydrogens (tertiary/aromatic N) is 3. The zero-order chi connectivity index (χ0) is 23.7. The third-order valence-electron chi connectivity index (χ3n) is 5.67. The van der Waals surface area contributed by atoms with Gasteiger partial charge in [0.1, 0.15) is 0 Å². The molecule has 1 aliphatic heterocycles. The molecule has 0 unspecified atom stereocenters. The van der Waals surface area contributed by atoms with Gasteiger partial charge in [0.05, 0.1) is 23.1 Å². The number of amides is 2. The summed E-state index contributed by atoms with van der Waals surface area (Å²) in [5.74, 6) is -0.297. The van der Waals surface area contributed by atoms with E-state index in [4.69, 9.17) is 16.9 Å². The lowest BCUT2D eigenvalue weighted by Gasteiger charge is -2.12. The van der Waals surface area contributed by atoms with Crippen LogP contribution in [0, 0.1) is 11.3 Å². The number of hydrogen-bond acceptors (Lipinski definition) is 4. The highest BCUT2D eigenvalue weighted by Gasteiger charge is 2.35. The predicted octanol–water partition coefficient (Wildman–Crippen LogP) is 6.45. The van der Waals surface area contributed by atoms with Crippen LogP contribution in [0.15, 0.2) is 83.9 Å². The molecule has 0 bridgehead atoms. The molecule has 1 aliphatic rings. The highest BCUT2D eigenvalue weighted by atomic mass is 35.5. The summed E-state index contributed by atoms with van der Waals surface area (Å²) in [7, 11) is 0. The van der Waals surface area contributed by atoms with Crippen LogP contribution in [0.3, 0.4) is 0 Å². The fourth-order valence-corrected chi connectivity index (χ4v) is 4.91. The maximum atomic E-state index is 13.0. The molecule has 3 aromatic carbocycles. The van der Waals surface area contributed by atoms with Gasteiger partial charge in [-0.1, -0.05) is 54.1 Å². The molecular formula is C27H18ClN3O2S. The number of hydrogen-bond donors (Lipinski definition) is 0. The quantitative estimate of drug-likeness (QED) is 0.306. The topological polar surface area (TPSA) is 66.1 Å². The number of carbonyl (C=O) groups excluding carboxylic acids is 2. The van der Waals surface area contributed by atoms with Gasteiger partial charge in [0.15, 0.2) is 0 Å². The van der Waals surface area contributed by atoms with Crippen molar-refractivity contribution in [2.24, 2.45) is 0 Å². The number of rotatable bonds is 5. The zero-order valence-corrected chi connectivity index (χ0v) is 19.5. The Labute approximate surface area is 205 Å². The molecular weight excluding hydrogens is 466 g/mol. The van der Waals surface area contributed by atoms with Crippen LogP contribution in [-0.2, 0) is 17.9 Å². The highest BCUT2D eigenvalue weighted by Crippen LogP contribution is 2.35. The Kier molecular flexibility index (Phi) is 5.97. The SMILES string of the molecule is N#Cc1ccc(Cn2cc(/C=C3\SC(=O)N(Cc4ccc(Cl)cc4)C3=O)c3ccccc32)cc1. The number of halogens is 1. The van der Waals surface area contributed by atoms with Gasteiger partial charge in [-0.25, -0.2) is 0 Å². The Balaban J connectivity index is 1.44. The first-order chi connectivity index (χ1) is 16.5. The lowest BCUT2D eigenvalue weighted by Crippen LogP contribution is -2.27. The Morgan fingerprint density at radius 3 is 2.32 bits per heavy atom. The lowest BCUT2D eigenvalue weighted by atomic mass is 10.1. The van der Waals surface area contributed by atoms with Gasteiger partial charge in [-0.15, -0.1) is 0 Å². The van der Waals surface area contributed by atoms with Gasteiger partial charge in [0.2, 0.25) is 0 Å². The average Bonchev–Trinajstić information content (AvgIpc) is 3.33. The lowest BCUT2D eigenvalue weighted by molar-refractivity contribution is -0.123. The summed E-state index contributed by atoms with van der Waals surface area (Å²) in [5, 5.41) is 10.3. The molecule has 1 fully saturated rings. The molecule has 2 heterocycles. The summed E-state index contributed by atoms with van der Waals surface area (Å²) in [4.78, 5) is 27.3. The standard InChI is InChI=1S/C27H18ClN3O2S/c28-22-11-9-20(10-12-22)16-31-26(32)25(34-27(31)33)13-21-17-30(24-4-2-1-3-23(21)24)15-19-7-5-18(14-29)6-8-19/h1-13,17H,15-16H2/b25-13-. The largest absolute Gasteiger partial charge is 0.342 e. The summed E-state index contributed by atoms with van der Waals surface area (Å²) in [6, 6.07) is 24.7. The molecule has 7 heteroatoms. The Hall–Kier alpha value is -3.79. The molecule has 0 N–H and O–H groups in total. The maximum absolute atomic E-state index is 13.0. The average molecular weight is 484 g/mol. The number of benzene rings is 3. The predicted molar refractivity (Wildman–Crippen MR) is 135 cm³/mol. The summed E-state index contributed by atoms with van der Waals surface area (Å²) >= 11 is 6.90. The molecule has 166 valence electrons. The van der Waals surface area contributed by atoms with Gasteiger partial charge in [0, 0.05) is 34.2 Å². The van der Waals surface area contributed by atoms with Gasteiger partial charge >= 0.3 is 0 Å². The molecule has 1 saturated heterocycles. The van der Waals surface area contributed by atoms with Crippen LogP contribution in [0.2, 0.25) is 5.02 Å². The first-order valence-corrected chi connectivity index (χ1v) is 11.8. The smallest absolute Gasteiger partial charge is 0.293 e. The Morgan fingerprint density at radius 1 is 0.912 bits per heavy atom.